The van der Waals surface area contributed by atoms with E-state index in [1.54, 1.807) is 13.0 Å². The van der Waals surface area contributed by atoms with Gasteiger partial charge in [0.25, 0.3) is 0 Å². The quantitative estimate of drug-likeness (QED) is 0.175. The zero-order chi connectivity index (χ0) is 44.1. The molecule has 6 rings (SSSR count). The number of carboxylic acid groups (broad SMARTS) is 1. The topological polar surface area (TPSA) is 145 Å². The second-order valence-corrected chi connectivity index (χ2v) is 17.6. The summed E-state index contributed by atoms with van der Waals surface area (Å²) in [5.74, 6) is -0.645. The van der Waals surface area contributed by atoms with Crippen LogP contribution in [0, 0.1) is 22.7 Å². The van der Waals surface area contributed by atoms with E-state index in [4.69, 9.17) is 5.11 Å². The average Bonchev–Trinajstić information content (AvgIpc) is 3.19. The number of aromatic hydroxyl groups is 1. The van der Waals surface area contributed by atoms with Gasteiger partial charge in [0.1, 0.15) is 5.75 Å². The van der Waals surface area contributed by atoms with E-state index in [0.29, 0.717) is 0 Å². The first kappa shape index (κ1) is 50.4. The Morgan fingerprint density at radius 3 is 1.59 bits per heavy atom. The van der Waals surface area contributed by atoms with Gasteiger partial charge in [0, 0.05) is 18.2 Å². The lowest BCUT2D eigenvalue weighted by molar-refractivity contribution is -0.150. The largest absolute Gasteiger partial charge is 0.508 e. The summed E-state index contributed by atoms with van der Waals surface area (Å²) in [5, 5.41) is 27.3. The first-order chi connectivity index (χ1) is 27.4. The van der Waals surface area contributed by atoms with Gasteiger partial charge in [-0.25, -0.2) is 0 Å². The van der Waals surface area contributed by atoms with Crippen LogP contribution in [0.15, 0.2) is 36.4 Å². The van der Waals surface area contributed by atoms with Crippen molar-refractivity contribution in [1.29, 1.82) is 0 Å². The lowest BCUT2D eigenvalue weighted by atomic mass is 9.49. The van der Waals surface area contributed by atoms with E-state index >= 15 is 0 Å². The smallest absolute Gasteiger partial charge is 0.303 e. The molecule has 4 aliphatic carbocycles. The van der Waals surface area contributed by atoms with Crippen molar-refractivity contribution in [1.82, 2.24) is 10.6 Å². The summed E-state index contributed by atoms with van der Waals surface area (Å²) >= 11 is 0. The van der Waals surface area contributed by atoms with E-state index in [1.165, 1.54) is 23.1 Å². The van der Waals surface area contributed by atoms with Crippen LogP contribution in [0.25, 0.3) is 0 Å². The summed E-state index contributed by atoms with van der Waals surface area (Å²) in [6.45, 7) is 26.8. The lowest BCUT2D eigenvalue weighted by Crippen LogP contribution is -2.60. The molecule has 0 saturated heterocycles. The highest BCUT2D eigenvalue weighted by Gasteiger charge is 2.58. The van der Waals surface area contributed by atoms with Gasteiger partial charge in [0.15, 0.2) is 0 Å². The van der Waals surface area contributed by atoms with Gasteiger partial charge in [-0.1, -0.05) is 121 Å². The van der Waals surface area contributed by atoms with Crippen molar-refractivity contribution in [2.75, 3.05) is 11.9 Å². The molecule has 0 aromatic heterocycles. The van der Waals surface area contributed by atoms with Crippen LogP contribution in [0.1, 0.15) is 176 Å². The molecule has 2 saturated carbocycles. The van der Waals surface area contributed by atoms with Crippen molar-refractivity contribution in [3.63, 3.8) is 0 Å². The molecule has 9 heteroatoms. The van der Waals surface area contributed by atoms with Gasteiger partial charge in [-0.15, -0.1) is 0 Å². The first-order valence-electron chi connectivity index (χ1n) is 22.5. The van der Waals surface area contributed by atoms with E-state index in [-0.39, 0.29) is 65.1 Å². The maximum Gasteiger partial charge on any atom is 0.303 e. The molecule has 4 aliphatic rings. The van der Waals surface area contributed by atoms with Crippen molar-refractivity contribution >= 4 is 29.4 Å². The van der Waals surface area contributed by atoms with Gasteiger partial charge in [-0.2, -0.15) is 0 Å². The van der Waals surface area contributed by atoms with Gasteiger partial charge in [-0.3, -0.25) is 24.5 Å². The van der Waals surface area contributed by atoms with Crippen LogP contribution in [-0.4, -0.2) is 46.5 Å². The minimum absolute atomic E-state index is 0.0666. The van der Waals surface area contributed by atoms with Crippen molar-refractivity contribution < 1.29 is 29.4 Å². The Kier molecular flexibility index (Phi) is 19.2. The molecular formula is C49H79N3O6. The summed E-state index contributed by atoms with van der Waals surface area (Å²) in [4.78, 5) is 50.7. The van der Waals surface area contributed by atoms with Gasteiger partial charge < -0.3 is 20.8 Å². The molecule has 5 N–H and O–H groups in total. The van der Waals surface area contributed by atoms with Crippen LogP contribution in [0.2, 0.25) is 0 Å². The predicted molar refractivity (Wildman–Crippen MR) is 238 cm³/mol. The van der Waals surface area contributed by atoms with E-state index in [1.807, 2.05) is 59.7 Å². The number of nitrogens with one attached hydrogen (secondary N) is 3. The van der Waals surface area contributed by atoms with E-state index in [9.17, 15) is 24.3 Å². The van der Waals surface area contributed by atoms with Crippen molar-refractivity contribution in [2.45, 2.75) is 184 Å². The summed E-state index contributed by atoms with van der Waals surface area (Å²) < 4.78 is 0. The molecule has 326 valence electrons. The minimum Gasteiger partial charge on any atom is -0.508 e. The van der Waals surface area contributed by atoms with Crippen molar-refractivity contribution in [2.24, 2.45) is 22.7 Å². The second-order valence-electron chi connectivity index (χ2n) is 17.6. The summed E-state index contributed by atoms with van der Waals surface area (Å²) in [6.07, 6.45) is 10.3. The maximum atomic E-state index is 14.4. The number of fused-ring (bicyclic) bond motifs is 6. The van der Waals surface area contributed by atoms with E-state index < -0.39 is 16.8 Å². The number of imide groups is 1. The molecule has 4 unspecified atom stereocenters. The number of carbonyl (C=O) groups is 4. The number of rotatable bonds is 7. The number of aliphatic carboxylic acids is 1. The minimum atomic E-state index is -0.745. The molecule has 0 heterocycles. The highest BCUT2D eigenvalue weighted by molar-refractivity contribution is 6.01. The third kappa shape index (κ3) is 11.1. The third-order valence-corrected chi connectivity index (χ3v) is 13.2. The molecule has 58 heavy (non-hydrogen) atoms. The Morgan fingerprint density at radius 2 is 1.16 bits per heavy atom. The number of carboxylic acids is 1. The summed E-state index contributed by atoms with van der Waals surface area (Å²) in [7, 11) is 0. The zero-order valence-electron chi connectivity index (χ0n) is 38.4. The fraction of sp³-hybridized carbons (Fsp3) is 0.673. The molecule has 2 aromatic carbocycles. The highest BCUT2D eigenvalue weighted by Crippen LogP contribution is 2.59. The number of benzene rings is 2. The van der Waals surface area contributed by atoms with Crippen LogP contribution < -0.4 is 16.0 Å². The number of amides is 3. The molecule has 0 aliphatic heterocycles. The van der Waals surface area contributed by atoms with Crippen LogP contribution in [0.5, 0.6) is 5.75 Å². The Morgan fingerprint density at radius 1 is 0.724 bits per heavy atom. The highest BCUT2D eigenvalue weighted by atomic mass is 16.4. The third-order valence-electron chi connectivity index (χ3n) is 13.2. The summed E-state index contributed by atoms with van der Waals surface area (Å²) in [5.41, 5.74) is 3.92. The molecule has 3 amide bonds. The van der Waals surface area contributed by atoms with Crippen LogP contribution in [0.4, 0.5) is 5.69 Å². The van der Waals surface area contributed by atoms with Gasteiger partial charge in [-0.05, 0) is 121 Å². The normalized spacial score (nSPS) is 27.5. The molecule has 2 aromatic rings. The number of phenols is 1. The Labute approximate surface area is 351 Å². The van der Waals surface area contributed by atoms with Gasteiger partial charge in [0.05, 0.1) is 17.4 Å². The number of aryl methyl sites for hydroxylation is 2. The fourth-order valence-electron chi connectivity index (χ4n) is 10.4. The number of hydrogen-bond donors (Lipinski definition) is 5. The number of phenolic OH excluding ortho intramolecular Hbond substituents is 1. The molecule has 0 bridgehead atoms. The molecule has 0 spiro atoms. The molecule has 2 fully saturated rings. The van der Waals surface area contributed by atoms with Crippen molar-refractivity contribution in [3.05, 3.63) is 58.7 Å². The number of hydrogen-bond acceptors (Lipinski definition) is 6. The average molecular weight is 806 g/mol. The Hall–Kier alpha value is -3.72. The molecular weight excluding hydrogens is 727 g/mol. The Bertz CT molecular complexity index is 1690. The monoisotopic (exact) mass is 806 g/mol. The maximum absolute atomic E-state index is 14.4. The second kappa shape index (κ2) is 22.0. The lowest BCUT2D eigenvalue weighted by Gasteiger charge is -2.56. The first-order valence-corrected chi connectivity index (χ1v) is 22.5. The standard InChI is InChI=1S/C39H53N3O4.C3H6O2.C3H8.2C2H6/c1-24(2)40-23-33(44)41-27-13-9-25-11-15-31-36(3,29(25)21-27)17-7-19-38(31,5)34(45)42-35(46)39(6)20-8-18-37(4)30-22-28(43)14-10-26(30)12-16-32(37)39;1-2-3(4)5;1-3-2;2*1-2/h9-10,13-14,21-22,24,31-32,40,43H,7-8,11-12,15-20,23H2,1-6H3,(H,41,44)(H,42,45,46);2H2,1H3,(H,4,5);3H2,1-2H3;2*1-2H3/t31?,32?,36?,37?,38-,39-;;;;/m0..../s1. The van der Waals surface area contributed by atoms with E-state index in [2.05, 4.69) is 69.6 Å². The zero-order valence-corrected chi connectivity index (χ0v) is 38.4. The van der Waals surface area contributed by atoms with Crippen molar-refractivity contribution in [3.8, 4) is 5.75 Å². The number of carbonyl (C=O) groups excluding carboxylic acids is 3. The van der Waals surface area contributed by atoms with Crippen LogP contribution in [0.3, 0.4) is 0 Å². The molecule has 9 nitrogen and oxygen atoms in total. The van der Waals surface area contributed by atoms with Crippen LogP contribution >= 0.6 is 0 Å². The SMILES string of the molecule is CC.CC.CC(C)NCC(=O)Nc1ccc2c(c1)C1(C)CCC[C@](C)(C(=O)NC(=O)[C@@]3(C)CCCC4(C)c5cc(O)ccc5CCC43)C1CC2.CCC.CCC(=O)O. The van der Waals surface area contributed by atoms with Gasteiger partial charge >= 0.3 is 5.97 Å². The van der Waals surface area contributed by atoms with Gasteiger partial charge in [0.2, 0.25) is 17.7 Å². The molecule has 6 atom stereocenters. The predicted octanol–water partition coefficient (Wildman–Crippen LogP) is 10.6. The molecule has 0 radical (unpaired) electrons. The van der Waals surface area contributed by atoms with Crippen LogP contribution in [-0.2, 0) is 42.8 Å². The number of anilines is 1. The summed E-state index contributed by atoms with van der Waals surface area (Å²) in [6, 6.07) is 12.2. The Balaban J connectivity index is 0.000000865. The van der Waals surface area contributed by atoms with E-state index in [0.717, 1.165) is 75.5 Å². The fourth-order valence-corrected chi connectivity index (χ4v) is 10.4.